The summed E-state index contributed by atoms with van der Waals surface area (Å²) in [6, 6.07) is 7.34. The maximum Gasteiger partial charge on any atom is 0.309 e. The van der Waals surface area contributed by atoms with Gasteiger partial charge in [-0.3, -0.25) is 9.59 Å². The van der Waals surface area contributed by atoms with Gasteiger partial charge in [-0.05, 0) is 49.2 Å². The van der Waals surface area contributed by atoms with Gasteiger partial charge in [-0.25, -0.2) is 12.8 Å². The first kappa shape index (κ1) is 18.1. The van der Waals surface area contributed by atoms with Crippen LogP contribution in [0.1, 0.15) is 23.9 Å². The molecule has 1 aliphatic rings. The molecule has 138 valence electrons. The lowest BCUT2D eigenvalue weighted by Crippen LogP contribution is -2.43. The van der Waals surface area contributed by atoms with Crippen LogP contribution in [0.4, 0.5) is 4.39 Å². The van der Waals surface area contributed by atoms with Crippen LogP contribution in [0.25, 0.3) is 0 Å². The maximum absolute atomic E-state index is 13.1. The summed E-state index contributed by atoms with van der Waals surface area (Å²) in [6.07, 6.45) is 2.96. The number of nitrogens with one attached hydrogen (secondary N) is 2. The molecule has 3 rings (SSSR count). The molecule has 1 heterocycles. The Hall–Kier alpha value is -2.68. The standard InChI is InChI=1S/C17H17FN2O5S/c18-11-3-7-13(8-4-11)26(23,24)15(14-2-1-9-25-14)10-19-16(21)17(22)20-12-5-6-12/h1-4,7-9,12,15H,5-6,10H2,(H,19,21)(H,20,22)/t15-/m0/s1. The number of carbonyl (C=O) groups is 2. The highest BCUT2D eigenvalue weighted by Gasteiger charge is 2.33. The number of amides is 2. The molecule has 9 heteroatoms. The van der Waals surface area contributed by atoms with Crippen molar-refractivity contribution in [2.24, 2.45) is 0 Å². The van der Waals surface area contributed by atoms with E-state index < -0.39 is 32.7 Å². The van der Waals surface area contributed by atoms with Crippen molar-refractivity contribution >= 4 is 21.7 Å². The van der Waals surface area contributed by atoms with Crippen LogP contribution in [0.2, 0.25) is 0 Å². The van der Waals surface area contributed by atoms with E-state index >= 15 is 0 Å². The molecule has 1 atom stereocenters. The third-order valence-corrected chi connectivity index (χ3v) is 6.02. The van der Waals surface area contributed by atoms with Crippen molar-refractivity contribution < 1.29 is 26.8 Å². The topological polar surface area (TPSA) is 105 Å². The fraction of sp³-hybridized carbons (Fsp3) is 0.294. The van der Waals surface area contributed by atoms with E-state index in [2.05, 4.69) is 10.6 Å². The Balaban J connectivity index is 1.78. The van der Waals surface area contributed by atoms with Gasteiger partial charge in [0, 0.05) is 12.6 Å². The minimum atomic E-state index is -3.98. The molecule has 1 aliphatic carbocycles. The van der Waals surface area contributed by atoms with E-state index in [0.717, 1.165) is 37.1 Å². The summed E-state index contributed by atoms with van der Waals surface area (Å²) < 4.78 is 44.0. The second-order valence-corrected chi connectivity index (χ2v) is 8.09. The Morgan fingerprint density at radius 3 is 2.42 bits per heavy atom. The van der Waals surface area contributed by atoms with Crippen molar-refractivity contribution in [3.8, 4) is 0 Å². The third-order valence-electron chi connectivity index (χ3n) is 3.94. The fourth-order valence-corrected chi connectivity index (χ4v) is 3.96. The molecular formula is C17H17FN2O5S. The number of carbonyl (C=O) groups excluding carboxylic acids is 2. The lowest BCUT2D eigenvalue weighted by molar-refractivity contribution is -0.139. The Bertz CT molecular complexity index is 890. The highest BCUT2D eigenvalue weighted by atomic mass is 32.2. The van der Waals surface area contributed by atoms with Crippen molar-refractivity contribution in [3.05, 3.63) is 54.2 Å². The average Bonchev–Trinajstić information content (AvgIpc) is 3.26. The van der Waals surface area contributed by atoms with Gasteiger partial charge in [0.05, 0.1) is 11.2 Å². The van der Waals surface area contributed by atoms with Gasteiger partial charge in [0.2, 0.25) is 0 Å². The van der Waals surface area contributed by atoms with E-state index in [1.807, 2.05) is 0 Å². The second-order valence-electron chi connectivity index (χ2n) is 5.96. The van der Waals surface area contributed by atoms with Crippen LogP contribution in [0.3, 0.4) is 0 Å². The van der Waals surface area contributed by atoms with Gasteiger partial charge < -0.3 is 15.1 Å². The molecule has 2 aromatic rings. The molecule has 1 saturated carbocycles. The Kier molecular flexibility index (Phi) is 5.08. The molecule has 0 radical (unpaired) electrons. The number of hydrogen-bond donors (Lipinski definition) is 2. The quantitative estimate of drug-likeness (QED) is 0.581. The Morgan fingerprint density at radius 1 is 1.15 bits per heavy atom. The number of benzene rings is 1. The molecule has 0 spiro atoms. The van der Waals surface area contributed by atoms with E-state index in [1.54, 1.807) is 0 Å². The van der Waals surface area contributed by atoms with E-state index in [0.29, 0.717) is 0 Å². The summed E-state index contributed by atoms with van der Waals surface area (Å²) in [5, 5.41) is 3.60. The molecule has 26 heavy (non-hydrogen) atoms. The van der Waals surface area contributed by atoms with Gasteiger partial charge in [0.25, 0.3) is 0 Å². The zero-order valence-electron chi connectivity index (χ0n) is 13.6. The molecule has 1 aromatic heterocycles. The van der Waals surface area contributed by atoms with Crippen molar-refractivity contribution in [2.75, 3.05) is 6.54 Å². The van der Waals surface area contributed by atoms with E-state index in [4.69, 9.17) is 4.42 Å². The number of halogens is 1. The van der Waals surface area contributed by atoms with Crippen LogP contribution in [0.5, 0.6) is 0 Å². The van der Waals surface area contributed by atoms with Crippen LogP contribution in [-0.4, -0.2) is 32.8 Å². The molecule has 1 aromatic carbocycles. The van der Waals surface area contributed by atoms with Gasteiger partial charge in [-0.2, -0.15) is 0 Å². The maximum atomic E-state index is 13.1. The van der Waals surface area contributed by atoms with E-state index in [1.165, 1.54) is 18.4 Å². The number of furan rings is 1. The van der Waals surface area contributed by atoms with Gasteiger partial charge in [0.1, 0.15) is 16.8 Å². The normalized spacial score (nSPS) is 15.3. The summed E-state index contributed by atoms with van der Waals surface area (Å²) in [6.45, 7) is -0.357. The molecule has 0 aliphatic heterocycles. The summed E-state index contributed by atoms with van der Waals surface area (Å²) >= 11 is 0. The van der Waals surface area contributed by atoms with Gasteiger partial charge >= 0.3 is 11.8 Å². The van der Waals surface area contributed by atoms with Crippen molar-refractivity contribution in [1.82, 2.24) is 10.6 Å². The molecule has 0 bridgehead atoms. The predicted molar refractivity (Wildman–Crippen MR) is 89.2 cm³/mol. The third kappa shape index (κ3) is 4.10. The van der Waals surface area contributed by atoms with Crippen LogP contribution < -0.4 is 10.6 Å². The van der Waals surface area contributed by atoms with Crippen LogP contribution in [0.15, 0.2) is 52.0 Å². The van der Waals surface area contributed by atoms with Gasteiger partial charge in [-0.1, -0.05) is 0 Å². The summed E-state index contributed by atoms with van der Waals surface area (Å²) in [5.41, 5.74) is 0. The van der Waals surface area contributed by atoms with Gasteiger partial charge in [0.15, 0.2) is 9.84 Å². The molecule has 2 N–H and O–H groups in total. The lowest BCUT2D eigenvalue weighted by atomic mass is 10.3. The highest BCUT2D eigenvalue weighted by Crippen LogP contribution is 2.29. The number of sulfone groups is 1. The average molecular weight is 380 g/mol. The molecule has 1 fully saturated rings. The summed E-state index contributed by atoms with van der Waals surface area (Å²) in [7, 11) is -3.98. The van der Waals surface area contributed by atoms with Crippen molar-refractivity contribution in [3.63, 3.8) is 0 Å². The molecule has 7 nitrogen and oxygen atoms in total. The summed E-state index contributed by atoms with van der Waals surface area (Å²) in [4.78, 5) is 23.5. The monoisotopic (exact) mass is 380 g/mol. The first-order chi connectivity index (χ1) is 12.4. The van der Waals surface area contributed by atoms with Crippen LogP contribution in [-0.2, 0) is 19.4 Å². The molecular weight excluding hydrogens is 363 g/mol. The SMILES string of the molecule is O=C(NC[C@@H](c1ccco1)S(=O)(=O)c1ccc(F)cc1)C(=O)NC1CC1. The fourth-order valence-electron chi connectivity index (χ4n) is 2.37. The summed E-state index contributed by atoms with van der Waals surface area (Å²) in [5.74, 6) is -2.17. The molecule has 2 amide bonds. The Labute approximate surface area is 149 Å². The molecule has 0 saturated heterocycles. The van der Waals surface area contributed by atoms with Crippen molar-refractivity contribution in [2.45, 2.75) is 29.0 Å². The molecule has 0 unspecified atom stereocenters. The first-order valence-electron chi connectivity index (χ1n) is 7.99. The minimum absolute atomic E-state index is 0.0112. The predicted octanol–water partition coefficient (Wildman–Crippen LogP) is 1.33. The largest absolute Gasteiger partial charge is 0.468 e. The zero-order chi connectivity index (χ0) is 18.7. The van der Waals surface area contributed by atoms with Gasteiger partial charge in [-0.15, -0.1) is 0 Å². The number of rotatable bonds is 6. The first-order valence-corrected chi connectivity index (χ1v) is 9.54. The second kappa shape index (κ2) is 7.28. The van der Waals surface area contributed by atoms with E-state index in [-0.39, 0.29) is 23.2 Å². The number of hydrogen-bond acceptors (Lipinski definition) is 5. The highest BCUT2D eigenvalue weighted by molar-refractivity contribution is 7.91. The smallest absolute Gasteiger partial charge is 0.309 e. The zero-order valence-corrected chi connectivity index (χ0v) is 14.5. The van der Waals surface area contributed by atoms with Crippen LogP contribution >= 0.6 is 0 Å². The van der Waals surface area contributed by atoms with E-state index in [9.17, 15) is 22.4 Å². The minimum Gasteiger partial charge on any atom is -0.468 e. The Morgan fingerprint density at radius 2 is 1.85 bits per heavy atom. The van der Waals surface area contributed by atoms with Crippen molar-refractivity contribution in [1.29, 1.82) is 0 Å². The van der Waals surface area contributed by atoms with Crippen LogP contribution in [0, 0.1) is 5.82 Å². The lowest BCUT2D eigenvalue weighted by Gasteiger charge is -2.16.